The largest absolute Gasteiger partial charge is 0.354 e. The Morgan fingerprint density at radius 2 is 2.06 bits per heavy atom. The summed E-state index contributed by atoms with van der Waals surface area (Å²) in [5, 5.41) is 4.51. The standard InChI is InChI=1S/C13H22ClN3/c1-9-5-6-10(2)17(8-9)13-12(7-14)11(3)15-16(13)4/h9-10H,5-8H2,1-4H3. The molecule has 1 aliphatic heterocycles. The molecule has 0 aliphatic carbocycles. The molecule has 1 aromatic heterocycles. The van der Waals surface area contributed by atoms with E-state index in [4.69, 9.17) is 11.6 Å². The first kappa shape index (κ1) is 12.7. The molecule has 2 heterocycles. The van der Waals surface area contributed by atoms with Crippen LogP contribution in [-0.2, 0) is 12.9 Å². The Kier molecular flexibility index (Phi) is 3.67. The zero-order valence-electron chi connectivity index (χ0n) is 11.2. The van der Waals surface area contributed by atoms with Crippen molar-refractivity contribution in [3.63, 3.8) is 0 Å². The van der Waals surface area contributed by atoms with Crippen LogP contribution >= 0.6 is 11.6 Å². The van der Waals surface area contributed by atoms with Crippen LogP contribution in [-0.4, -0.2) is 22.4 Å². The molecule has 0 saturated carbocycles. The van der Waals surface area contributed by atoms with Gasteiger partial charge in [-0.2, -0.15) is 5.10 Å². The molecule has 1 saturated heterocycles. The van der Waals surface area contributed by atoms with Gasteiger partial charge >= 0.3 is 0 Å². The van der Waals surface area contributed by atoms with Crippen molar-refractivity contribution in [2.75, 3.05) is 11.4 Å². The van der Waals surface area contributed by atoms with Gasteiger partial charge in [0.15, 0.2) is 0 Å². The van der Waals surface area contributed by atoms with Crippen LogP contribution in [0, 0.1) is 12.8 Å². The fourth-order valence-corrected chi connectivity index (χ4v) is 3.10. The Labute approximate surface area is 109 Å². The molecule has 0 radical (unpaired) electrons. The van der Waals surface area contributed by atoms with Gasteiger partial charge in [-0.05, 0) is 32.6 Å². The van der Waals surface area contributed by atoms with Crippen molar-refractivity contribution in [2.45, 2.75) is 45.5 Å². The lowest BCUT2D eigenvalue weighted by molar-refractivity contribution is 0.384. The smallest absolute Gasteiger partial charge is 0.131 e. The maximum absolute atomic E-state index is 6.07. The number of hydrogen-bond donors (Lipinski definition) is 0. The third kappa shape index (κ3) is 2.30. The van der Waals surface area contributed by atoms with E-state index in [1.807, 2.05) is 18.7 Å². The number of aromatic nitrogens is 2. The zero-order valence-corrected chi connectivity index (χ0v) is 12.0. The molecule has 1 aromatic rings. The van der Waals surface area contributed by atoms with E-state index in [9.17, 15) is 0 Å². The molecule has 17 heavy (non-hydrogen) atoms. The number of hydrogen-bond acceptors (Lipinski definition) is 2. The average Bonchev–Trinajstić information content (AvgIpc) is 2.56. The summed E-state index contributed by atoms with van der Waals surface area (Å²) >= 11 is 6.07. The molecule has 1 aliphatic rings. The first-order valence-electron chi connectivity index (χ1n) is 6.39. The van der Waals surface area contributed by atoms with E-state index >= 15 is 0 Å². The van der Waals surface area contributed by atoms with Gasteiger partial charge in [0.25, 0.3) is 0 Å². The normalized spacial score (nSPS) is 25.4. The van der Waals surface area contributed by atoms with Crippen LogP contribution in [0.2, 0.25) is 0 Å². The predicted molar refractivity (Wildman–Crippen MR) is 72.7 cm³/mol. The van der Waals surface area contributed by atoms with Gasteiger partial charge in [0.1, 0.15) is 5.82 Å². The lowest BCUT2D eigenvalue weighted by Gasteiger charge is -2.38. The SMILES string of the molecule is Cc1nn(C)c(N2CC(C)CCC2C)c1CCl. The van der Waals surface area contributed by atoms with Crippen molar-refractivity contribution >= 4 is 17.4 Å². The number of aryl methyl sites for hydroxylation is 2. The van der Waals surface area contributed by atoms with Gasteiger partial charge in [-0.1, -0.05) is 6.92 Å². The van der Waals surface area contributed by atoms with Crippen molar-refractivity contribution in [2.24, 2.45) is 13.0 Å². The van der Waals surface area contributed by atoms with Crippen molar-refractivity contribution in [1.82, 2.24) is 9.78 Å². The van der Waals surface area contributed by atoms with Gasteiger partial charge in [0, 0.05) is 25.2 Å². The van der Waals surface area contributed by atoms with Crippen molar-refractivity contribution in [3.8, 4) is 0 Å². The van der Waals surface area contributed by atoms with E-state index < -0.39 is 0 Å². The van der Waals surface area contributed by atoms with Gasteiger partial charge in [-0.25, -0.2) is 0 Å². The summed E-state index contributed by atoms with van der Waals surface area (Å²) in [5.74, 6) is 2.52. The summed E-state index contributed by atoms with van der Waals surface area (Å²) in [6.45, 7) is 7.78. The maximum Gasteiger partial charge on any atom is 0.131 e. The summed E-state index contributed by atoms with van der Waals surface area (Å²) in [6, 6.07) is 0.586. The summed E-state index contributed by atoms with van der Waals surface area (Å²) in [5.41, 5.74) is 2.25. The molecule has 3 nitrogen and oxygen atoms in total. The number of alkyl halides is 1. The minimum Gasteiger partial charge on any atom is -0.354 e. The molecule has 2 rings (SSSR count). The average molecular weight is 256 g/mol. The van der Waals surface area contributed by atoms with E-state index in [0.717, 1.165) is 18.2 Å². The molecule has 0 aromatic carbocycles. The van der Waals surface area contributed by atoms with E-state index in [2.05, 4.69) is 23.8 Å². The number of rotatable bonds is 2. The molecule has 0 spiro atoms. The quantitative estimate of drug-likeness (QED) is 0.758. The minimum atomic E-state index is 0.548. The fourth-order valence-electron chi connectivity index (χ4n) is 2.79. The van der Waals surface area contributed by atoms with Crippen LogP contribution in [0.5, 0.6) is 0 Å². The Morgan fingerprint density at radius 3 is 2.71 bits per heavy atom. The molecule has 2 atom stereocenters. The van der Waals surface area contributed by atoms with Crippen molar-refractivity contribution in [3.05, 3.63) is 11.3 Å². The highest BCUT2D eigenvalue weighted by Crippen LogP contribution is 2.31. The number of nitrogens with zero attached hydrogens (tertiary/aromatic N) is 3. The molecule has 1 fully saturated rings. The summed E-state index contributed by atoms with van der Waals surface area (Å²) in [4.78, 5) is 2.48. The summed E-state index contributed by atoms with van der Waals surface area (Å²) in [7, 11) is 2.02. The molecule has 0 N–H and O–H groups in total. The Balaban J connectivity index is 2.37. The fraction of sp³-hybridized carbons (Fsp3) is 0.769. The summed E-state index contributed by atoms with van der Waals surface area (Å²) < 4.78 is 1.99. The van der Waals surface area contributed by atoms with Crippen molar-refractivity contribution < 1.29 is 0 Å². The van der Waals surface area contributed by atoms with Gasteiger partial charge in [-0.3, -0.25) is 4.68 Å². The van der Waals surface area contributed by atoms with Crippen LogP contribution in [0.25, 0.3) is 0 Å². The first-order valence-corrected chi connectivity index (χ1v) is 6.93. The molecule has 0 bridgehead atoms. The van der Waals surface area contributed by atoms with E-state index in [-0.39, 0.29) is 0 Å². The lowest BCUT2D eigenvalue weighted by Crippen LogP contribution is -2.42. The minimum absolute atomic E-state index is 0.548. The second kappa shape index (κ2) is 4.89. The molecule has 96 valence electrons. The maximum atomic E-state index is 6.07. The zero-order chi connectivity index (χ0) is 12.6. The molecule has 0 amide bonds. The number of halogens is 1. The van der Waals surface area contributed by atoms with Crippen molar-refractivity contribution in [1.29, 1.82) is 0 Å². The van der Waals surface area contributed by atoms with Gasteiger partial charge in [-0.15, -0.1) is 11.6 Å². The van der Waals surface area contributed by atoms with Crippen LogP contribution in [0.4, 0.5) is 5.82 Å². The number of piperidine rings is 1. The van der Waals surface area contributed by atoms with E-state index in [1.165, 1.54) is 24.2 Å². The first-order chi connectivity index (χ1) is 8.04. The molecule has 2 unspecified atom stereocenters. The predicted octanol–water partition coefficient (Wildman–Crippen LogP) is 3.09. The summed E-state index contributed by atoms with van der Waals surface area (Å²) in [6.07, 6.45) is 2.58. The Hall–Kier alpha value is -0.700. The third-order valence-corrected chi connectivity index (χ3v) is 4.10. The monoisotopic (exact) mass is 255 g/mol. The number of anilines is 1. The Morgan fingerprint density at radius 1 is 1.35 bits per heavy atom. The van der Waals surface area contributed by atoms with Gasteiger partial charge in [0.05, 0.1) is 11.6 Å². The second-order valence-corrected chi connectivity index (χ2v) is 5.60. The topological polar surface area (TPSA) is 21.1 Å². The molecule has 4 heteroatoms. The van der Waals surface area contributed by atoms with Gasteiger partial charge in [0.2, 0.25) is 0 Å². The van der Waals surface area contributed by atoms with Crippen LogP contribution in [0.1, 0.15) is 37.9 Å². The highest BCUT2D eigenvalue weighted by atomic mass is 35.5. The Bertz CT molecular complexity index is 400. The molecular weight excluding hydrogens is 234 g/mol. The van der Waals surface area contributed by atoms with Crippen LogP contribution < -0.4 is 4.90 Å². The van der Waals surface area contributed by atoms with E-state index in [1.54, 1.807) is 0 Å². The van der Waals surface area contributed by atoms with Crippen LogP contribution in [0.15, 0.2) is 0 Å². The second-order valence-electron chi connectivity index (χ2n) is 5.33. The van der Waals surface area contributed by atoms with Crippen LogP contribution in [0.3, 0.4) is 0 Å². The highest BCUT2D eigenvalue weighted by Gasteiger charge is 2.27. The van der Waals surface area contributed by atoms with E-state index in [0.29, 0.717) is 11.9 Å². The van der Waals surface area contributed by atoms with Gasteiger partial charge < -0.3 is 4.90 Å². The molecular formula is C13H22ClN3. The third-order valence-electron chi connectivity index (χ3n) is 3.84. The lowest BCUT2D eigenvalue weighted by atomic mass is 9.95. The highest BCUT2D eigenvalue weighted by molar-refractivity contribution is 6.17.